The number of carbonyl (C=O) groups excluding carboxylic acids is 1. The number of nitrogens with one attached hydrogen (secondary N) is 1. The van der Waals surface area contributed by atoms with Gasteiger partial charge in [0.25, 0.3) is 0 Å². The minimum Gasteiger partial charge on any atom is -0.355 e. The Labute approximate surface area is 122 Å². The highest BCUT2D eigenvalue weighted by atomic mass is 35.5. The van der Waals surface area contributed by atoms with Crippen molar-refractivity contribution in [3.63, 3.8) is 0 Å². The molecule has 0 aliphatic heterocycles. The zero-order chi connectivity index (χ0) is 14.5. The lowest BCUT2D eigenvalue weighted by Gasteiger charge is -2.08. The van der Waals surface area contributed by atoms with E-state index in [0.29, 0.717) is 23.4 Å². The Bertz CT molecular complexity index is 672. The van der Waals surface area contributed by atoms with Crippen LogP contribution in [0.2, 0.25) is 0 Å². The number of hydrogen-bond acceptors (Lipinski definition) is 3. The number of rotatable bonds is 5. The molecule has 20 heavy (non-hydrogen) atoms. The van der Waals surface area contributed by atoms with Crippen molar-refractivity contribution in [3.05, 3.63) is 29.6 Å². The zero-order valence-corrected chi connectivity index (χ0v) is 11.9. The topological polar surface area (TPSA) is 70.7 Å². The number of imidazole rings is 1. The van der Waals surface area contributed by atoms with Crippen molar-refractivity contribution in [1.82, 2.24) is 14.9 Å². The number of nitrogens with zero attached hydrogens (tertiary/aromatic N) is 3. The maximum atomic E-state index is 11.9. The largest absolute Gasteiger partial charge is 0.355 e. The molecule has 0 aliphatic carbocycles. The maximum absolute atomic E-state index is 11.9. The van der Waals surface area contributed by atoms with Crippen LogP contribution in [0.1, 0.15) is 24.7 Å². The number of hydrogen-bond donors (Lipinski definition) is 1. The van der Waals surface area contributed by atoms with Gasteiger partial charge in [-0.15, -0.1) is 11.6 Å². The van der Waals surface area contributed by atoms with Gasteiger partial charge in [0.05, 0.1) is 17.0 Å². The van der Waals surface area contributed by atoms with Crippen LogP contribution in [0.25, 0.3) is 11.0 Å². The SMILES string of the molecule is CCCNC(=O)Cn1c(CCl)nc2c(C#N)cccc21. The number of alkyl halides is 1. The van der Waals surface area contributed by atoms with Gasteiger partial charge in [0.1, 0.15) is 24.0 Å². The summed E-state index contributed by atoms with van der Waals surface area (Å²) in [5.41, 5.74) is 1.84. The van der Waals surface area contributed by atoms with E-state index in [0.717, 1.165) is 11.9 Å². The van der Waals surface area contributed by atoms with E-state index in [4.69, 9.17) is 16.9 Å². The summed E-state index contributed by atoms with van der Waals surface area (Å²) < 4.78 is 1.76. The molecule has 1 amide bonds. The van der Waals surface area contributed by atoms with Crippen LogP contribution in [0.5, 0.6) is 0 Å². The van der Waals surface area contributed by atoms with Crippen LogP contribution in [-0.4, -0.2) is 22.0 Å². The molecule has 2 aromatic rings. The van der Waals surface area contributed by atoms with Gasteiger partial charge in [-0.2, -0.15) is 5.26 Å². The molecule has 1 N–H and O–H groups in total. The molecule has 5 nitrogen and oxygen atoms in total. The van der Waals surface area contributed by atoms with Crippen molar-refractivity contribution in [2.45, 2.75) is 25.8 Å². The van der Waals surface area contributed by atoms with Crippen molar-refractivity contribution in [1.29, 1.82) is 5.26 Å². The Morgan fingerprint density at radius 3 is 3.00 bits per heavy atom. The molecule has 1 heterocycles. The molecule has 0 atom stereocenters. The van der Waals surface area contributed by atoms with Crippen LogP contribution < -0.4 is 5.32 Å². The highest BCUT2D eigenvalue weighted by Gasteiger charge is 2.14. The summed E-state index contributed by atoms with van der Waals surface area (Å²) in [5, 5.41) is 11.9. The fourth-order valence-electron chi connectivity index (χ4n) is 2.03. The molecule has 0 saturated heterocycles. The lowest BCUT2D eigenvalue weighted by molar-refractivity contribution is -0.121. The van der Waals surface area contributed by atoms with Crippen LogP contribution in [0.15, 0.2) is 18.2 Å². The van der Waals surface area contributed by atoms with Crippen molar-refractivity contribution < 1.29 is 4.79 Å². The molecule has 0 spiro atoms. The van der Waals surface area contributed by atoms with Crippen molar-refractivity contribution in [3.8, 4) is 6.07 Å². The third-order valence-corrected chi connectivity index (χ3v) is 3.21. The molecule has 2 rings (SSSR count). The number of nitriles is 1. The summed E-state index contributed by atoms with van der Waals surface area (Å²) >= 11 is 5.89. The molecule has 6 heteroatoms. The van der Waals surface area contributed by atoms with Crippen LogP contribution in [0.3, 0.4) is 0 Å². The summed E-state index contributed by atoms with van der Waals surface area (Å²) in [6, 6.07) is 7.42. The summed E-state index contributed by atoms with van der Waals surface area (Å²) in [5.74, 6) is 0.705. The Balaban J connectivity index is 2.41. The van der Waals surface area contributed by atoms with E-state index in [1.807, 2.05) is 13.0 Å². The van der Waals surface area contributed by atoms with Crippen LogP contribution >= 0.6 is 11.6 Å². The predicted octanol–water partition coefficient (Wildman–Crippen LogP) is 2.17. The average Bonchev–Trinajstić information content (AvgIpc) is 2.83. The van der Waals surface area contributed by atoms with Gasteiger partial charge in [-0.1, -0.05) is 13.0 Å². The highest BCUT2D eigenvalue weighted by molar-refractivity contribution is 6.17. The number of benzene rings is 1. The minimum atomic E-state index is -0.0834. The third kappa shape index (κ3) is 2.75. The predicted molar refractivity (Wildman–Crippen MR) is 77.3 cm³/mol. The van der Waals surface area contributed by atoms with Gasteiger partial charge in [0.15, 0.2) is 0 Å². The average molecular weight is 291 g/mol. The van der Waals surface area contributed by atoms with E-state index < -0.39 is 0 Å². The van der Waals surface area contributed by atoms with Crippen LogP contribution in [0, 0.1) is 11.3 Å². The summed E-state index contributed by atoms with van der Waals surface area (Å²) in [6.45, 7) is 2.80. The van der Waals surface area contributed by atoms with Crippen LogP contribution in [0.4, 0.5) is 0 Å². The van der Waals surface area contributed by atoms with E-state index in [9.17, 15) is 4.79 Å². The lowest BCUT2D eigenvalue weighted by atomic mass is 10.2. The van der Waals surface area contributed by atoms with E-state index >= 15 is 0 Å². The molecular formula is C14H15ClN4O. The van der Waals surface area contributed by atoms with Gasteiger partial charge in [-0.05, 0) is 18.6 Å². The Morgan fingerprint density at radius 2 is 2.35 bits per heavy atom. The molecular weight excluding hydrogens is 276 g/mol. The molecule has 0 saturated carbocycles. The molecule has 1 aromatic heterocycles. The van der Waals surface area contributed by atoms with Gasteiger partial charge >= 0.3 is 0 Å². The second-order valence-electron chi connectivity index (χ2n) is 4.38. The summed E-state index contributed by atoms with van der Waals surface area (Å²) in [7, 11) is 0. The Kier molecular flexibility index (Phi) is 4.59. The molecule has 0 aliphatic rings. The third-order valence-electron chi connectivity index (χ3n) is 2.97. The smallest absolute Gasteiger partial charge is 0.240 e. The molecule has 0 radical (unpaired) electrons. The fraction of sp³-hybridized carbons (Fsp3) is 0.357. The van der Waals surface area contributed by atoms with Gasteiger partial charge in [-0.3, -0.25) is 4.79 Å². The zero-order valence-electron chi connectivity index (χ0n) is 11.2. The lowest BCUT2D eigenvalue weighted by Crippen LogP contribution is -2.28. The second-order valence-corrected chi connectivity index (χ2v) is 4.65. The van der Waals surface area contributed by atoms with E-state index in [1.165, 1.54) is 0 Å². The van der Waals surface area contributed by atoms with Crippen molar-refractivity contribution >= 4 is 28.5 Å². The first kappa shape index (κ1) is 14.4. The molecule has 104 valence electrons. The van der Waals surface area contributed by atoms with Crippen molar-refractivity contribution in [2.24, 2.45) is 0 Å². The van der Waals surface area contributed by atoms with Gasteiger partial charge in [-0.25, -0.2) is 4.98 Å². The number of carbonyl (C=O) groups is 1. The molecule has 1 aromatic carbocycles. The maximum Gasteiger partial charge on any atom is 0.240 e. The second kappa shape index (κ2) is 6.40. The first-order valence-electron chi connectivity index (χ1n) is 6.42. The fourth-order valence-corrected chi connectivity index (χ4v) is 2.23. The van der Waals surface area contributed by atoms with E-state index in [1.54, 1.807) is 16.7 Å². The number of para-hydroxylation sites is 1. The van der Waals surface area contributed by atoms with Crippen LogP contribution in [-0.2, 0) is 17.2 Å². The van der Waals surface area contributed by atoms with E-state index in [-0.39, 0.29) is 18.3 Å². The van der Waals surface area contributed by atoms with Crippen molar-refractivity contribution in [2.75, 3.05) is 6.54 Å². The monoisotopic (exact) mass is 290 g/mol. The number of halogens is 1. The van der Waals surface area contributed by atoms with Gasteiger partial charge in [0.2, 0.25) is 5.91 Å². The Morgan fingerprint density at radius 1 is 1.55 bits per heavy atom. The minimum absolute atomic E-state index is 0.0834. The normalized spacial score (nSPS) is 10.4. The summed E-state index contributed by atoms with van der Waals surface area (Å²) in [4.78, 5) is 16.2. The first-order valence-corrected chi connectivity index (χ1v) is 6.95. The molecule has 0 bridgehead atoms. The first-order chi connectivity index (χ1) is 9.71. The van der Waals surface area contributed by atoms with Gasteiger partial charge in [0, 0.05) is 6.54 Å². The Hall–Kier alpha value is -2.06. The highest BCUT2D eigenvalue weighted by Crippen LogP contribution is 2.20. The van der Waals surface area contributed by atoms with E-state index in [2.05, 4.69) is 16.4 Å². The summed E-state index contributed by atoms with van der Waals surface area (Å²) in [6.07, 6.45) is 0.886. The number of aromatic nitrogens is 2. The number of fused-ring (bicyclic) bond motifs is 1. The number of amides is 1. The molecule has 0 unspecified atom stereocenters. The quantitative estimate of drug-likeness (QED) is 0.858. The van der Waals surface area contributed by atoms with Gasteiger partial charge < -0.3 is 9.88 Å². The molecule has 0 fully saturated rings. The standard InChI is InChI=1S/C14H15ClN4O/c1-2-6-17-13(20)9-19-11-5-3-4-10(8-16)14(11)18-12(19)7-15/h3-5H,2,6-7,9H2,1H3,(H,17,20).